The molecule has 4 rings (SSSR count). The van der Waals surface area contributed by atoms with Crippen molar-refractivity contribution in [3.05, 3.63) is 47.5 Å². The summed E-state index contributed by atoms with van der Waals surface area (Å²) < 4.78 is 2.16. The van der Waals surface area contributed by atoms with Crippen molar-refractivity contribution in [2.24, 2.45) is 0 Å². The minimum absolute atomic E-state index is 0. The van der Waals surface area contributed by atoms with Crippen molar-refractivity contribution < 1.29 is 33.8 Å². The number of benzene rings is 2. The number of nitrogens with zero attached hydrogens (tertiary/aromatic N) is 4. The van der Waals surface area contributed by atoms with Crippen LogP contribution < -0.4 is 46.1 Å². The van der Waals surface area contributed by atoms with Gasteiger partial charge in [0.15, 0.2) is 0 Å². The predicted molar refractivity (Wildman–Crippen MR) is 160 cm³/mol. The maximum Gasteiger partial charge on any atom is 0.0989 e. The third kappa shape index (κ3) is 8.56. The van der Waals surface area contributed by atoms with Crippen LogP contribution in [0.5, 0.6) is 0 Å². The summed E-state index contributed by atoms with van der Waals surface area (Å²) >= 11 is 0. The van der Waals surface area contributed by atoms with Crippen LogP contribution in [0.15, 0.2) is 36.4 Å². The fourth-order valence-corrected chi connectivity index (χ4v) is 6.66. The Morgan fingerprint density at radius 1 is 0.692 bits per heavy atom. The molecule has 2 atom stereocenters. The summed E-state index contributed by atoms with van der Waals surface area (Å²) in [7, 11) is 9.69. The lowest BCUT2D eigenvalue weighted by molar-refractivity contribution is -0.910. The third-order valence-electron chi connectivity index (χ3n) is 8.86. The van der Waals surface area contributed by atoms with E-state index in [4.69, 9.17) is 11.5 Å². The van der Waals surface area contributed by atoms with Crippen LogP contribution in [0.3, 0.4) is 0 Å². The molecule has 2 heterocycles. The highest BCUT2D eigenvalue weighted by molar-refractivity contribution is 5.60. The Bertz CT molecular complexity index is 990. The number of aryl methyl sites for hydroxylation is 2. The van der Waals surface area contributed by atoms with E-state index in [1.807, 2.05) is 0 Å². The van der Waals surface area contributed by atoms with E-state index in [2.05, 4.69) is 88.2 Å². The molecule has 0 radical (unpaired) electrons. The number of hydrogen-bond acceptors (Lipinski definition) is 4. The Labute approximate surface area is 250 Å². The van der Waals surface area contributed by atoms with Gasteiger partial charge >= 0.3 is 0 Å². The summed E-state index contributed by atoms with van der Waals surface area (Å²) in [5.74, 6) is 0. The van der Waals surface area contributed by atoms with Crippen LogP contribution in [0.25, 0.3) is 0 Å². The average Bonchev–Trinajstić information content (AvgIpc) is 3.46. The highest BCUT2D eigenvalue weighted by Gasteiger charge is 2.34. The molecule has 2 aromatic rings. The van der Waals surface area contributed by atoms with Gasteiger partial charge in [-0.2, -0.15) is 0 Å². The topological polar surface area (TPSA) is 58.5 Å². The van der Waals surface area contributed by atoms with Gasteiger partial charge in [-0.1, -0.05) is 0 Å². The van der Waals surface area contributed by atoms with E-state index in [9.17, 15) is 0 Å². The van der Waals surface area contributed by atoms with Crippen LogP contribution in [0.2, 0.25) is 0 Å². The van der Waals surface area contributed by atoms with Gasteiger partial charge in [0.2, 0.25) is 0 Å². The molecule has 8 heteroatoms. The Morgan fingerprint density at radius 2 is 1.08 bits per heavy atom. The summed E-state index contributed by atoms with van der Waals surface area (Å²) in [5.41, 5.74) is 19.0. The van der Waals surface area contributed by atoms with E-state index < -0.39 is 0 Å². The van der Waals surface area contributed by atoms with Crippen molar-refractivity contribution in [2.75, 3.05) is 88.7 Å². The zero-order chi connectivity index (χ0) is 26.8. The van der Waals surface area contributed by atoms with Gasteiger partial charge < -0.3 is 55.0 Å². The van der Waals surface area contributed by atoms with Crippen LogP contribution >= 0.6 is 0 Å². The number of nitrogen functional groups attached to an aromatic ring is 2. The number of halogens is 2. The molecule has 2 fully saturated rings. The van der Waals surface area contributed by atoms with E-state index >= 15 is 0 Å². The second kappa shape index (κ2) is 13.7. The molecule has 220 valence electrons. The number of quaternary nitrogens is 2. The number of likely N-dealkylation sites (N-methyl/N-ethyl adjacent to an activating group) is 2. The number of anilines is 4. The molecule has 0 aromatic heterocycles. The van der Waals surface area contributed by atoms with Crippen LogP contribution in [0, 0.1) is 13.8 Å². The van der Waals surface area contributed by atoms with Gasteiger partial charge in [0.05, 0.1) is 66.5 Å². The first-order valence-corrected chi connectivity index (χ1v) is 14.3. The molecule has 4 N–H and O–H groups in total. The van der Waals surface area contributed by atoms with Gasteiger partial charge in [-0.3, -0.25) is 0 Å². The number of rotatable bonds is 10. The second-order valence-electron chi connectivity index (χ2n) is 13.1. The van der Waals surface area contributed by atoms with E-state index in [0.29, 0.717) is 12.1 Å². The highest BCUT2D eigenvalue weighted by Crippen LogP contribution is 2.31. The average molecular weight is 580 g/mol. The fourth-order valence-electron chi connectivity index (χ4n) is 6.66. The van der Waals surface area contributed by atoms with Gasteiger partial charge in [-0.05, 0) is 87.1 Å². The molecule has 0 saturated carbocycles. The van der Waals surface area contributed by atoms with Crippen molar-refractivity contribution in [1.82, 2.24) is 0 Å². The first-order valence-electron chi connectivity index (χ1n) is 14.3. The van der Waals surface area contributed by atoms with Gasteiger partial charge in [-0.15, -0.1) is 0 Å². The summed E-state index contributed by atoms with van der Waals surface area (Å²) in [4.78, 5) is 5.25. The van der Waals surface area contributed by atoms with Crippen LogP contribution in [-0.4, -0.2) is 88.5 Å². The van der Waals surface area contributed by atoms with Gasteiger partial charge in [-0.25, -0.2) is 0 Å². The summed E-state index contributed by atoms with van der Waals surface area (Å²) in [5, 5.41) is 0. The normalized spacial score (nSPS) is 19.6. The van der Waals surface area contributed by atoms with Crippen LogP contribution in [0.1, 0.15) is 43.2 Å². The molecule has 0 spiro atoms. The lowest BCUT2D eigenvalue weighted by atomic mass is 10.1. The molecule has 0 bridgehead atoms. The first-order chi connectivity index (χ1) is 17.4. The fraction of sp³-hybridized carbons (Fsp3) is 0.613. The van der Waals surface area contributed by atoms with Crippen molar-refractivity contribution in [3.8, 4) is 0 Å². The first kappa shape index (κ1) is 33.3. The third-order valence-corrected chi connectivity index (χ3v) is 8.86. The summed E-state index contributed by atoms with van der Waals surface area (Å²) in [6.07, 6.45) is 6.39. The molecular formula is C31H52Cl2N6. The zero-order valence-electron chi connectivity index (χ0n) is 25.1. The Balaban J connectivity index is 0.00000267. The molecule has 0 amide bonds. The lowest BCUT2D eigenvalue weighted by Crippen LogP contribution is -3.00. The van der Waals surface area contributed by atoms with Gasteiger partial charge in [0.1, 0.15) is 0 Å². The van der Waals surface area contributed by atoms with Crippen molar-refractivity contribution >= 4 is 22.7 Å². The number of nitrogens with two attached hydrogens (primary N) is 2. The summed E-state index contributed by atoms with van der Waals surface area (Å²) in [6.45, 7) is 11.4. The van der Waals surface area contributed by atoms with Crippen LogP contribution in [0.4, 0.5) is 22.7 Å². The van der Waals surface area contributed by atoms with E-state index in [1.165, 1.54) is 80.8 Å². The standard InChI is InChI=1S/C31H52N6.2ClH/c1-24-20-26(12-14-30(24)32)34-16-7-10-28(34)22-36(3,4)18-9-19-37(5,6)23-29-11-8-17-35(29)27-13-15-31(33)25(2)21-27;;/h12-15,20-21,28-29H,7-11,16-19,22-23,32-33H2,1-6H3;2*1H/q+2;;/p-2. The Morgan fingerprint density at radius 3 is 1.44 bits per heavy atom. The number of hydrogen-bond donors (Lipinski definition) is 2. The van der Waals surface area contributed by atoms with E-state index in [1.54, 1.807) is 0 Å². The second-order valence-corrected chi connectivity index (χ2v) is 13.1. The molecule has 0 aliphatic carbocycles. The Hall–Kier alpha value is -1.86. The summed E-state index contributed by atoms with van der Waals surface area (Å²) in [6, 6.07) is 14.3. The minimum atomic E-state index is 0. The molecular weight excluding hydrogens is 527 g/mol. The van der Waals surface area contributed by atoms with Crippen molar-refractivity contribution in [3.63, 3.8) is 0 Å². The molecule has 2 aromatic carbocycles. The smallest absolute Gasteiger partial charge is 0.0989 e. The minimum Gasteiger partial charge on any atom is -1.00 e. The van der Waals surface area contributed by atoms with Crippen molar-refractivity contribution in [1.29, 1.82) is 0 Å². The maximum absolute atomic E-state index is 6.08. The molecule has 2 aliphatic rings. The SMILES string of the molecule is Cc1cc(N2CCCC2C[N+](C)(C)CCC[N+](C)(C)CC2CCCN2c2ccc(N)c(C)c2)ccc1N.[Cl-].[Cl-]. The molecule has 2 saturated heterocycles. The molecule has 2 aliphatic heterocycles. The Kier molecular flexibility index (Phi) is 11.7. The lowest BCUT2D eigenvalue weighted by Gasteiger charge is -2.39. The van der Waals surface area contributed by atoms with Gasteiger partial charge in [0.25, 0.3) is 0 Å². The van der Waals surface area contributed by atoms with Crippen LogP contribution in [-0.2, 0) is 0 Å². The molecule has 39 heavy (non-hydrogen) atoms. The zero-order valence-corrected chi connectivity index (χ0v) is 26.6. The predicted octanol–water partition coefficient (Wildman–Crippen LogP) is -1.34. The van der Waals surface area contributed by atoms with Gasteiger partial charge in [0, 0.05) is 42.3 Å². The largest absolute Gasteiger partial charge is 1.00 e. The monoisotopic (exact) mass is 578 g/mol. The highest BCUT2D eigenvalue weighted by atomic mass is 35.5. The van der Waals surface area contributed by atoms with E-state index in [-0.39, 0.29) is 24.8 Å². The molecule has 6 nitrogen and oxygen atoms in total. The quantitative estimate of drug-likeness (QED) is 0.270. The maximum atomic E-state index is 6.08. The molecule has 2 unspecified atom stereocenters. The van der Waals surface area contributed by atoms with E-state index in [0.717, 1.165) is 33.4 Å². The van der Waals surface area contributed by atoms with Crippen molar-refractivity contribution in [2.45, 2.75) is 58.0 Å².